The number of carbonyl (C=O) groups is 3. The van der Waals surface area contributed by atoms with Crippen LogP contribution in [-0.4, -0.2) is 57.7 Å². The van der Waals surface area contributed by atoms with Crippen molar-refractivity contribution in [3.63, 3.8) is 0 Å². The van der Waals surface area contributed by atoms with E-state index >= 15 is 8.78 Å². The number of hydrogen-bond acceptors (Lipinski definition) is 7. The summed E-state index contributed by atoms with van der Waals surface area (Å²) in [4.78, 5) is 41.7. The SMILES string of the molecule is CC1(C)OC(=O)C(=IC(F)(F)c2ccc(CCN3CCC(N(C(=O)c4ccco4)c4ccccc4)CC3)cc2)C(=O)O1. The Bertz CT molecular complexity index is 1430. The van der Waals surface area contributed by atoms with Gasteiger partial charge in [-0.2, -0.15) is 8.78 Å². The molecule has 0 radical (unpaired) electrons. The van der Waals surface area contributed by atoms with Crippen molar-refractivity contribution in [1.29, 1.82) is 0 Å². The minimum Gasteiger partial charge on any atom is -0.459 e. The zero-order valence-electron chi connectivity index (χ0n) is 23.2. The summed E-state index contributed by atoms with van der Waals surface area (Å²) in [5.41, 5.74) is 1.48. The van der Waals surface area contributed by atoms with Gasteiger partial charge in [-0.15, -0.1) is 0 Å². The number of anilines is 1. The Hall–Kier alpha value is -3.45. The molecule has 2 saturated heterocycles. The van der Waals surface area contributed by atoms with Gasteiger partial charge in [-0.25, -0.2) is 9.59 Å². The van der Waals surface area contributed by atoms with Gasteiger partial charge in [0.1, 0.15) is 0 Å². The standard InChI is InChI=1S/C31H31F2IN2O6/c1-30(2)41-28(38)26(29(39)42-30)34-31(32,33)22-12-10-21(11-13-22)14-17-35-18-15-24(16-19-35)36(23-7-4-3-5-8-23)27(37)25-9-6-20-40-25/h3-13,20,24H,14-19H2,1-2H3. The normalized spacial score (nSPS) is 18.0. The molecule has 11 heteroatoms. The number of hydrogen-bond donors (Lipinski definition) is 0. The third-order valence-corrected chi connectivity index (χ3v) is 9.87. The lowest BCUT2D eigenvalue weighted by molar-refractivity contribution is -0.214. The molecular formula is C31H31F2IN2O6. The number of cyclic esters (lactones) is 2. The van der Waals surface area contributed by atoms with Crippen LogP contribution in [0.15, 0.2) is 77.4 Å². The minimum atomic E-state index is -3.34. The van der Waals surface area contributed by atoms with Gasteiger partial charge in [-0.3, -0.25) is 4.79 Å². The summed E-state index contributed by atoms with van der Waals surface area (Å²) >= 11 is -2.33. The van der Waals surface area contributed by atoms with Crippen molar-refractivity contribution in [2.45, 2.75) is 48.9 Å². The molecule has 1 aromatic heterocycles. The maximum atomic E-state index is 15.0. The van der Waals surface area contributed by atoms with E-state index in [1.807, 2.05) is 35.2 Å². The van der Waals surface area contributed by atoms with E-state index in [1.165, 1.54) is 32.2 Å². The molecule has 222 valence electrons. The lowest BCUT2D eigenvalue weighted by Gasteiger charge is -2.38. The average Bonchev–Trinajstić information content (AvgIpc) is 3.51. The van der Waals surface area contributed by atoms with E-state index in [0.29, 0.717) is 12.2 Å². The summed E-state index contributed by atoms with van der Waals surface area (Å²) in [5.74, 6) is -3.41. The molecule has 0 unspecified atom stereocenters. The number of amides is 1. The molecule has 2 aliphatic heterocycles. The summed E-state index contributed by atoms with van der Waals surface area (Å²) in [5, 5.41) is 0. The zero-order valence-corrected chi connectivity index (χ0v) is 25.4. The average molecular weight is 692 g/mol. The lowest BCUT2D eigenvalue weighted by Crippen LogP contribution is -2.48. The van der Waals surface area contributed by atoms with Gasteiger partial charge in [-0.05, 0) is 69.8 Å². The predicted molar refractivity (Wildman–Crippen MR) is 161 cm³/mol. The number of alkyl halides is 3. The predicted octanol–water partition coefficient (Wildman–Crippen LogP) is 5.66. The molecule has 5 rings (SSSR count). The molecule has 0 bridgehead atoms. The number of ether oxygens (including phenoxy) is 2. The molecule has 2 fully saturated rings. The van der Waals surface area contributed by atoms with Gasteiger partial charge in [0, 0.05) is 50.8 Å². The Labute approximate surface area is 252 Å². The molecule has 3 aromatic rings. The highest BCUT2D eigenvalue weighted by Gasteiger charge is 2.43. The fourth-order valence-corrected chi connectivity index (χ4v) is 7.05. The quantitative estimate of drug-likeness (QED) is 0.171. The molecule has 0 spiro atoms. The first-order valence-electron chi connectivity index (χ1n) is 13.6. The Morgan fingerprint density at radius 3 is 2.21 bits per heavy atom. The van der Waals surface area contributed by atoms with Gasteiger partial charge in [0.25, 0.3) is 11.7 Å². The molecular weight excluding hydrogens is 661 g/mol. The fraction of sp³-hybridized carbons (Fsp3) is 0.355. The first-order chi connectivity index (χ1) is 20.0. The monoisotopic (exact) mass is 692 g/mol. The number of likely N-dealkylation sites (tertiary alicyclic amines) is 1. The third kappa shape index (κ3) is 6.95. The number of carbonyl (C=O) groups excluding carboxylic acids is 3. The van der Waals surface area contributed by atoms with E-state index in [4.69, 9.17) is 13.9 Å². The fourth-order valence-electron chi connectivity index (χ4n) is 5.04. The number of piperidine rings is 1. The highest BCUT2D eigenvalue weighted by molar-refractivity contribution is 14.2. The summed E-state index contributed by atoms with van der Waals surface area (Å²) < 4.78 is 41.4. The number of halogens is 3. The first kappa shape index (κ1) is 30.0. The smallest absolute Gasteiger partial charge is 0.354 e. The Kier molecular flexibility index (Phi) is 8.88. The molecule has 0 atom stereocenters. The number of rotatable bonds is 8. The van der Waals surface area contributed by atoms with Gasteiger partial charge >= 0.3 is 15.9 Å². The lowest BCUT2D eigenvalue weighted by atomic mass is 10.0. The van der Waals surface area contributed by atoms with Crippen LogP contribution < -0.4 is 4.90 Å². The van der Waals surface area contributed by atoms with Crippen LogP contribution in [0.25, 0.3) is 0 Å². The van der Waals surface area contributed by atoms with Crippen molar-refractivity contribution >= 4 is 47.8 Å². The Balaban J connectivity index is 1.17. The molecule has 0 aliphatic carbocycles. The molecule has 2 aliphatic rings. The number of esters is 2. The van der Waals surface area contributed by atoms with Crippen LogP contribution in [0.1, 0.15) is 48.4 Å². The molecule has 2 aromatic carbocycles. The van der Waals surface area contributed by atoms with Crippen LogP contribution in [0.3, 0.4) is 0 Å². The number of benzene rings is 2. The number of furan rings is 1. The van der Waals surface area contributed by atoms with Crippen LogP contribution in [0.4, 0.5) is 14.5 Å². The second kappa shape index (κ2) is 12.4. The topological polar surface area (TPSA) is 89.3 Å². The van der Waals surface area contributed by atoms with E-state index in [-0.39, 0.29) is 17.5 Å². The van der Waals surface area contributed by atoms with Gasteiger partial charge in [0.05, 0.1) is 6.26 Å². The van der Waals surface area contributed by atoms with E-state index in [9.17, 15) is 14.4 Å². The summed E-state index contributed by atoms with van der Waals surface area (Å²) in [6.07, 6.45) is 3.74. The van der Waals surface area contributed by atoms with Crippen LogP contribution in [0, 0.1) is 0 Å². The molecule has 1 amide bonds. The van der Waals surface area contributed by atoms with Gasteiger partial charge in [-0.1, -0.05) is 42.5 Å². The second-order valence-corrected chi connectivity index (χ2v) is 13.6. The van der Waals surface area contributed by atoms with Crippen LogP contribution in [0.2, 0.25) is 0 Å². The van der Waals surface area contributed by atoms with Crippen LogP contribution >= 0.6 is 20.7 Å². The Morgan fingerprint density at radius 1 is 0.976 bits per heavy atom. The number of nitrogens with zero attached hydrogens (tertiary/aromatic N) is 2. The van der Waals surface area contributed by atoms with Crippen molar-refractivity contribution < 1.29 is 37.1 Å². The summed E-state index contributed by atoms with van der Waals surface area (Å²) in [6.45, 7) is 5.08. The molecule has 0 N–H and O–H groups in total. The summed E-state index contributed by atoms with van der Waals surface area (Å²) in [7, 11) is 0. The van der Waals surface area contributed by atoms with E-state index < -0.39 is 45.9 Å². The Morgan fingerprint density at radius 2 is 1.62 bits per heavy atom. The molecule has 42 heavy (non-hydrogen) atoms. The maximum absolute atomic E-state index is 15.0. The third-order valence-electron chi connectivity index (χ3n) is 7.15. The molecule has 3 heterocycles. The minimum absolute atomic E-state index is 0.0220. The van der Waals surface area contributed by atoms with Crippen LogP contribution in [0.5, 0.6) is 0 Å². The van der Waals surface area contributed by atoms with Crippen molar-refractivity contribution in [2.24, 2.45) is 0 Å². The van der Waals surface area contributed by atoms with E-state index in [2.05, 4.69) is 4.90 Å². The molecule has 0 saturated carbocycles. The van der Waals surface area contributed by atoms with Crippen molar-refractivity contribution in [2.75, 3.05) is 24.5 Å². The first-order valence-corrected chi connectivity index (χ1v) is 15.8. The summed E-state index contributed by atoms with van der Waals surface area (Å²) in [6, 6.07) is 19.0. The highest BCUT2D eigenvalue weighted by Crippen LogP contribution is 2.42. The van der Waals surface area contributed by atoms with E-state index in [1.54, 1.807) is 24.3 Å². The zero-order chi connectivity index (χ0) is 29.9. The van der Waals surface area contributed by atoms with Gasteiger partial charge < -0.3 is 23.7 Å². The van der Waals surface area contributed by atoms with Gasteiger partial charge in [0.15, 0.2) is 9.27 Å². The van der Waals surface area contributed by atoms with Crippen LogP contribution in [-0.2, 0) is 29.4 Å². The largest absolute Gasteiger partial charge is 0.459 e. The van der Waals surface area contributed by atoms with Crippen molar-refractivity contribution in [3.05, 3.63) is 89.9 Å². The maximum Gasteiger partial charge on any atom is 0.354 e. The second-order valence-electron chi connectivity index (χ2n) is 10.6. The van der Waals surface area contributed by atoms with Gasteiger partial charge in [0.2, 0.25) is 0 Å². The van der Waals surface area contributed by atoms with Crippen molar-refractivity contribution in [3.8, 4) is 0 Å². The molecule has 8 nitrogen and oxygen atoms in total. The van der Waals surface area contributed by atoms with E-state index in [0.717, 1.165) is 43.7 Å². The highest BCUT2D eigenvalue weighted by atomic mass is 127. The van der Waals surface area contributed by atoms with Crippen molar-refractivity contribution in [1.82, 2.24) is 4.90 Å². The number of para-hydroxylation sites is 1.